The molecular weight excluding hydrogens is 350 g/mol. The number of hydrogen-bond acceptors (Lipinski definition) is 3. The highest BCUT2D eigenvalue weighted by Gasteiger charge is 2.23. The van der Waals surface area contributed by atoms with Crippen LogP contribution in [0.2, 0.25) is 0 Å². The number of nitrogens with two attached hydrogens (primary N) is 1. The number of likely N-dealkylation sites (tertiary alicyclic amines) is 1. The Bertz CT molecular complexity index is 675. The van der Waals surface area contributed by atoms with Gasteiger partial charge in [0.25, 0.3) is 0 Å². The summed E-state index contributed by atoms with van der Waals surface area (Å²) in [5.41, 5.74) is 8.37. The number of benzene rings is 1. The molecule has 0 spiro atoms. The normalized spacial score (nSPS) is 20.7. The van der Waals surface area contributed by atoms with Gasteiger partial charge < -0.3 is 16.0 Å². The summed E-state index contributed by atoms with van der Waals surface area (Å²) in [5.74, 6) is 1.14. The molecule has 0 bridgehead atoms. The second-order valence-corrected chi connectivity index (χ2v) is 8.01. The molecule has 0 saturated carbocycles. The van der Waals surface area contributed by atoms with Gasteiger partial charge >= 0.3 is 0 Å². The van der Waals surface area contributed by atoms with E-state index in [4.69, 9.17) is 10.7 Å². The molecule has 1 fully saturated rings. The average molecular weight is 386 g/mol. The number of amides is 1. The van der Waals surface area contributed by atoms with E-state index in [1.807, 2.05) is 0 Å². The fourth-order valence-corrected chi connectivity index (χ4v) is 4.36. The summed E-state index contributed by atoms with van der Waals surface area (Å²) in [6, 6.07) is 8.78. The number of aliphatic imine (C=N–C) groups is 1. The molecule has 1 atom stereocenters. The zero-order chi connectivity index (χ0) is 19.8. The van der Waals surface area contributed by atoms with Crippen LogP contribution in [-0.4, -0.2) is 60.9 Å². The minimum atomic E-state index is -0.197. The molecule has 0 aromatic heterocycles. The predicted molar refractivity (Wildman–Crippen MR) is 114 cm³/mol. The first kappa shape index (κ1) is 20.6. The van der Waals surface area contributed by atoms with Crippen molar-refractivity contribution in [2.24, 2.45) is 16.6 Å². The fraction of sp³-hybridized carbons (Fsp3) is 0.636. The molecule has 0 radical (unpaired) electrons. The van der Waals surface area contributed by atoms with Gasteiger partial charge in [-0.3, -0.25) is 14.7 Å². The lowest BCUT2D eigenvalue weighted by Crippen LogP contribution is -2.47. The second kappa shape index (κ2) is 10.5. The highest BCUT2D eigenvalue weighted by Crippen LogP contribution is 2.20. The lowest BCUT2D eigenvalue weighted by Gasteiger charge is -2.34. The molecule has 0 aliphatic carbocycles. The lowest BCUT2D eigenvalue weighted by atomic mass is 9.95. The Labute approximate surface area is 169 Å². The molecule has 3 N–H and O–H groups in total. The van der Waals surface area contributed by atoms with Gasteiger partial charge in [0.05, 0.1) is 0 Å². The Kier molecular flexibility index (Phi) is 7.71. The maximum atomic E-state index is 11.3. The van der Waals surface area contributed by atoms with Gasteiger partial charge in [0.1, 0.15) is 0 Å². The molecule has 154 valence electrons. The molecule has 3 rings (SSSR count). The summed E-state index contributed by atoms with van der Waals surface area (Å²) < 4.78 is 0. The van der Waals surface area contributed by atoms with Crippen molar-refractivity contribution in [3.8, 4) is 0 Å². The van der Waals surface area contributed by atoms with Gasteiger partial charge in [-0.25, -0.2) is 0 Å². The summed E-state index contributed by atoms with van der Waals surface area (Å²) in [4.78, 5) is 21.0. The summed E-state index contributed by atoms with van der Waals surface area (Å²) >= 11 is 0. The first-order chi connectivity index (χ1) is 13.7. The Balaban J connectivity index is 1.47. The van der Waals surface area contributed by atoms with E-state index in [9.17, 15) is 4.79 Å². The zero-order valence-corrected chi connectivity index (χ0v) is 17.2. The second-order valence-electron chi connectivity index (χ2n) is 8.01. The Morgan fingerprint density at radius 3 is 2.89 bits per heavy atom. The topological polar surface area (TPSA) is 74.0 Å². The maximum Gasteiger partial charge on any atom is 0.217 e. The van der Waals surface area contributed by atoms with Crippen LogP contribution in [0.3, 0.4) is 0 Å². The third-order valence-corrected chi connectivity index (χ3v) is 5.75. The average Bonchev–Trinajstić information content (AvgIpc) is 2.70. The minimum Gasteiger partial charge on any atom is -0.370 e. The monoisotopic (exact) mass is 385 g/mol. The summed E-state index contributed by atoms with van der Waals surface area (Å²) in [6.07, 6.45) is 4.86. The van der Waals surface area contributed by atoms with E-state index in [1.165, 1.54) is 11.1 Å². The standard InChI is InChI=1S/C22H35N5O/c1-2-24-22(27-13-5-7-18(16-27)15-21(23)28)25-11-6-12-26-14-10-19-8-3-4-9-20(19)17-26/h3-4,8-9,18H,2,5-7,10-17H2,1H3,(H2,23,28)(H,24,25). The number of carbonyl (C=O) groups excluding carboxylic acids is 1. The number of fused-ring (bicyclic) bond motifs is 1. The highest BCUT2D eigenvalue weighted by molar-refractivity contribution is 5.80. The SMILES string of the molecule is CCNC(=NCCCN1CCc2ccccc2C1)N1CCCC(CC(N)=O)C1. The van der Waals surface area contributed by atoms with Crippen LogP contribution >= 0.6 is 0 Å². The van der Waals surface area contributed by atoms with Crippen molar-refractivity contribution in [2.45, 2.75) is 45.6 Å². The molecule has 2 aliphatic rings. The first-order valence-corrected chi connectivity index (χ1v) is 10.8. The van der Waals surface area contributed by atoms with E-state index < -0.39 is 0 Å². The molecule has 6 heteroatoms. The van der Waals surface area contributed by atoms with Gasteiger partial charge in [0.2, 0.25) is 5.91 Å². The zero-order valence-electron chi connectivity index (χ0n) is 17.2. The van der Waals surface area contributed by atoms with Crippen LogP contribution in [0, 0.1) is 5.92 Å². The molecule has 1 unspecified atom stereocenters. The van der Waals surface area contributed by atoms with Crippen molar-refractivity contribution >= 4 is 11.9 Å². The molecule has 1 amide bonds. The smallest absolute Gasteiger partial charge is 0.217 e. The van der Waals surface area contributed by atoms with Crippen LogP contribution in [0.25, 0.3) is 0 Å². The van der Waals surface area contributed by atoms with E-state index in [-0.39, 0.29) is 5.91 Å². The highest BCUT2D eigenvalue weighted by atomic mass is 16.1. The Morgan fingerprint density at radius 1 is 1.29 bits per heavy atom. The van der Waals surface area contributed by atoms with Crippen molar-refractivity contribution in [2.75, 3.05) is 39.3 Å². The third kappa shape index (κ3) is 5.96. The molecule has 1 aromatic rings. The molecular formula is C22H35N5O. The van der Waals surface area contributed by atoms with Crippen molar-refractivity contribution in [3.63, 3.8) is 0 Å². The quantitative estimate of drug-likeness (QED) is 0.428. The van der Waals surface area contributed by atoms with Gasteiger partial charge in [-0.2, -0.15) is 0 Å². The van der Waals surface area contributed by atoms with Crippen LogP contribution in [0.15, 0.2) is 29.3 Å². The van der Waals surface area contributed by atoms with Gasteiger partial charge in [0, 0.05) is 52.2 Å². The molecule has 1 aromatic carbocycles. The van der Waals surface area contributed by atoms with Crippen LogP contribution < -0.4 is 11.1 Å². The predicted octanol–water partition coefficient (Wildman–Crippen LogP) is 1.99. The number of primary amides is 1. The molecule has 6 nitrogen and oxygen atoms in total. The molecule has 2 heterocycles. The molecule has 28 heavy (non-hydrogen) atoms. The van der Waals surface area contributed by atoms with Crippen molar-refractivity contribution < 1.29 is 4.79 Å². The number of carbonyl (C=O) groups is 1. The van der Waals surface area contributed by atoms with E-state index in [0.29, 0.717) is 12.3 Å². The summed E-state index contributed by atoms with van der Waals surface area (Å²) in [7, 11) is 0. The van der Waals surface area contributed by atoms with Crippen molar-refractivity contribution in [1.29, 1.82) is 0 Å². The number of guanidine groups is 1. The number of nitrogens with zero attached hydrogens (tertiary/aromatic N) is 3. The van der Waals surface area contributed by atoms with Gasteiger partial charge in [0.15, 0.2) is 5.96 Å². The van der Waals surface area contributed by atoms with Crippen LogP contribution in [0.5, 0.6) is 0 Å². The van der Waals surface area contributed by atoms with Crippen LogP contribution in [0.1, 0.15) is 43.7 Å². The van der Waals surface area contributed by atoms with Crippen LogP contribution in [0.4, 0.5) is 0 Å². The number of rotatable bonds is 7. The van der Waals surface area contributed by atoms with Gasteiger partial charge in [-0.15, -0.1) is 0 Å². The first-order valence-electron chi connectivity index (χ1n) is 10.8. The Hall–Kier alpha value is -2.08. The summed E-state index contributed by atoms with van der Waals surface area (Å²) in [6.45, 7) is 8.95. The number of hydrogen-bond donors (Lipinski definition) is 2. The maximum absolute atomic E-state index is 11.3. The van der Waals surface area contributed by atoms with Crippen LogP contribution in [-0.2, 0) is 17.8 Å². The minimum absolute atomic E-state index is 0.197. The van der Waals surface area contributed by atoms with E-state index in [1.54, 1.807) is 0 Å². The van der Waals surface area contributed by atoms with Crippen molar-refractivity contribution in [1.82, 2.24) is 15.1 Å². The fourth-order valence-electron chi connectivity index (χ4n) is 4.36. The third-order valence-electron chi connectivity index (χ3n) is 5.75. The number of nitrogens with one attached hydrogen (secondary N) is 1. The van der Waals surface area contributed by atoms with Gasteiger partial charge in [-0.05, 0) is 49.7 Å². The van der Waals surface area contributed by atoms with Crippen molar-refractivity contribution in [3.05, 3.63) is 35.4 Å². The molecule has 1 saturated heterocycles. The lowest BCUT2D eigenvalue weighted by molar-refractivity contribution is -0.119. The molecule has 2 aliphatic heterocycles. The number of piperidine rings is 1. The summed E-state index contributed by atoms with van der Waals surface area (Å²) in [5, 5.41) is 3.42. The Morgan fingerprint density at radius 2 is 2.11 bits per heavy atom. The van der Waals surface area contributed by atoms with Gasteiger partial charge in [-0.1, -0.05) is 24.3 Å². The largest absolute Gasteiger partial charge is 0.370 e. The van der Waals surface area contributed by atoms with E-state index >= 15 is 0 Å². The van der Waals surface area contributed by atoms with E-state index in [2.05, 4.69) is 46.3 Å². The van der Waals surface area contributed by atoms with E-state index in [0.717, 1.165) is 77.5 Å².